The van der Waals surface area contributed by atoms with E-state index in [1.165, 1.54) is 11.8 Å². The summed E-state index contributed by atoms with van der Waals surface area (Å²) in [5.74, 6) is 1.51. The van der Waals surface area contributed by atoms with E-state index in [0.29, 0.717) is 28.0 Å². The van der Waals surface area contributed by atoms with Crippen LogP contribution < -0.4 is 0 Å². The highest BCUT2D eigenvalue weighted by Gasteiger charge is 2.22. The molecule has 5 rings (SSSR count). The quantitative estimate of drug-likeness (QED) is 0.330. The van der Waals surface area contributed by atoms with Crippen molar-refractivity contribution in [1.29, 1.82) is 0 Å². The van der Waals surface area contributed by atoms with Gasteiger partial charge >= 0.3 is 0 Å². The van der Waals surface area contributed by atoms with Crippen LogP contribution in [0, 0.1) is 0 Å². The zero-order valence-electron chi connectivity index (χ0n) is 16.8. The van der Waals surface area contributed by atoms with Gasteiger partial charge in [0.2, 0.25) is 11.0 Å². The van der Waals surface area contributed by atoms with Crippen molar-refractivity contribution in [2.75, 3.05) is 0 Å². The van der Waals surface area contributed by atoms with Crippen molar-refractivity contribution in [3.05, 3.63) is 71.7 Å². The van der Waals surface area contributed by atoms with E-state index in [9.17, 15) is 0 Å². The number of para-hydroxylation sites is 1. The van der Waals surface area contributed by atoms with E-state index in [1.54, 1.807) is 11.3 Å². The Morgan fingerprint density at radius 1 is 0.903 bits per heavy atom. The fraction of sp³-hybridized carbons (Fsp3) is 0.136. The lowest BCUT2D eigenvalue weighted by Crippen LogP contribution is -1.99. The first-order chi connectivity index (χ1) is 15.2. The molecule has 31 heavy (non-hydrogen) atoms. The van der Waals surface area contributed by atoms with Gasteiger partial charge in [-0.2, -0.15) is 0 Å². The van der Waals surface area contributed by atoms with Crippen LogP contribution in [0.3, 0.4) is 0 Å². The molecule has 0 aliphatic rings. The van der Waals surface area contributed by atoms with E-state index in [4.69, 9.17) is 9.40 Å². The molecule has 154 valence electrons. The van der Waals surface area contributed by atoms with Crippen LogP contribution >= 0.6 is 23.1 Å². The summed E-state index contributed by atoms with van der Waals surface area (Å²) in [5.41, 5.74) is 2.85. The van der Waals surface area contributed by atoms with Crippen molar-refractivity contribution < 1.29 is 4.42 Å². The van der Waals surface area contributed by atoms with Gasteiger partial charge in [-0.25, -0.2) is 4.98 Å². The molecule has 5 aromatic rings. The average molecular weight is 447 g/mol. The van der Waals surface area contributed by atoms with E-state index in [0.717, 1.165) is 22.0 Å². The second kappa shape index (κ2) is 8.44. The van der Waals surface area contributed by atoms with Crippen molar-refractivity contribution in [1.82, 2.24) is 29.9 Å². The van der Waals surface area contributed by atoms with E-state index >= 15 is 0 Å². The number of thiazole rings is 1. The lowest BCUT2D eigenvalue weighted by molar-refractivity contribution is 0.465. The molecule has 0 aliphatic carbocycles. The van der Waals surface area contributed by atoms with Crippen LogP contribution in [0.15, 0.2) is 80.8 Å². The predicted octanol–water partition coefficient (Wildman–Crippen LogP) is 5.72. The first-order valence-corrected chi connectivity index (χ1v) is 11.4. The van der Waals surface area contributed by atoms with Gasteiger partial charge in [-0.05, 0) is 30.2 Å². The summed E-state index contributed by atoms with van der Waals surface area (Å²) in [6, 6.07) is 19.6. The van der Waals surface area contributed by atoms with Gasteiger partial charge in [-0.3, -0.25) is 4.57 Å². The van der Waals surface area contributed by atoms with Crippen molar-refractivity contribution in [3.8, 4) is 28.0 Å². The molecule has 0 fully saturated rings. The van der Waals surface area contributed by atoms with Gasteiger partial charge in [0.05, 0.1) is 5.69 Å². The summed E-state index contributed by atoms with van der Waals surface area (Å²) in [6.07, 6.45) is 0. The van der Waals surface area contributed by atoms with E-state index in [-0.39, 0.29) is 0 Å². The second-order valence-corrected chi connectivity index (χ2v) is 8.83. The molecule has 0 unspecified atom stereocenters. The maximum absolute atomic E-state index is 5.86. The van der Waals surface area contributed by atoms with Gasteiger partial charge < -0.3 is 4.42 Å². The van der Waals surface area contributed by atoms with Crippen LogP contribution in [0.2, 0.25) is 0 Å². The average Bonchev–Trinajstić information content (AvgIpc) is 3.55. The third kappa shape index (κ3) is 4.01. The van der Waals surface area contributed by atoms with Crippen molar-refractivity contribution >= 4 is 23.1 Å². The zero-order chi connectivity index (χ0) is 21.2. The number of benzene rings is 2. The molecule has 9 heteroatoms. The van der Waals surface area contributed by atoms with Crippen LogP contribution in [0.25, 0.3) is 28.0 Å². The van der Waals surface area contributed by atoms with Crippen molar-refractivity contribution in [2.24, 2.45) is 0 Å². The fourth-order valence-corrected chi connectivity index (χ4v) is 4.64. The SMILES string of the molecule is CC(C)c1csc(-c2nnc(Sc3nnc(-c4ccccc4)o3)n2-c2ccccc2)n1. The van der Waals surface area contributed by atoms with Crippen LogP contribution in [0.5, 0.6) is 0 Å². The third-order valence-electron chi connectivity index (χ3n) is 4.56. The number of hydrogen-bond donors (Lipinski definition) is 0. The minimum absolute atomic E-state index is 0.349. The van der Waals surface area contributed by atoms with Crippen molar-refractivity contribution in [2.45, 2.75) is 30.1 Å². The smallest absolute Gasteiger partial charge is 0.284 e. The van der Waals surface area contributed by atoms with Gasteiger partial charge in [0.1, 0.15) is 0 Å². The minimum atomic E-state index is 0.349. The molecular weight excluding hydrogens is 428 g/mol. The first kappa shape index (κ1) is 19.7. The Kier molecular flexibility index (Phi) is 5.35. The van der Waals surface area contributed by atoms with Crippen LogP contribution in [-0.4, -0.2) is 29.9 Å². The number of nitrogens with zero attached hydrogens (tertiary/aromatic N) is 6. The standard InChI is InChI=1S/C22H18N6OS2/c1-14(2)17-13-30-20(23-17)18-24-26-21(28(18)16-11-7-4-8-12-16)31-22-27-25-19(29-22)15-9-5-3-6-10-15/h3-14H,1-2H3. The van der Waals surface area contributed by atoms with E-state index in [1.807, 2.05) is 65.2 Å². The second-order valence-electron chi connectivity index (χ2n) is 7.05. The van der Waals surface area contributed by atoms with Gasteiger partial charge in [0, 0.05) is 28.4 Å². The topological polar surface area (TPSA) is 82.5 Å². The third-order valence-corrected chi connectivity index (χ3v) is 6.20. The summed E-state index contributed by atoms with van der Waals surface area (Å²) in [5, 5.41) is 21.1. The molecule has 3 heterocycles. The predicted molar refractivity (Wildman–Crippen MR) is 120 cm³/mol. The molecular formula is C22H18N6OS2. The minimum Gasteiger partial charge on any atom is -0.411 e. The molecule has 2 aromatic carbocycles. The summed E-state index contributed by atoms with van der Waals surface area (Å²) < 4.78 is 7.83. The Hall–Kier alpha value is -3.30. The van der Waals surface area contributed by atoms with Crippen LogP contribution in [0.1, 0.15) is 25.5 Å². The monoisotopic (exact) mass is 446 g/mol. The van der Waals surface area contributed by atoms with Crippen LogP contribution in [0.4, 0.5) is 0 Å². The summed E-state index contributed by atoms with van der Waals surface area (Å²) in [6.45, 7) is 4.25. The molecule has 0 amide bonds. The Labute approximate surface area is 187 Å². The van der Waals surface area contributed by atoms with Gasteiger partial charge in [-0.1, -0.05) is 50.2 Å². The van der Waals surface area contributed by atoms with Gasteiger partial charge in [0.15, 0.2) is 10.8 Å². The Bertz CT molecular complexity index is 1290. The molecule has 0 saturated heterocycles. The molecule has 0 atom stereocenters. The van der Waals surface area contributed by atoms with Crippen LogP contribution in [-0.2, 0) is 0 Å². The Morgan fingerprint density at radius 3 is 2.35 bits per heavy atom. The highest BCUT2D eigenvalue weighted by Crippen LogP contribution is 2.34. The molecule has 0 spiro atoms. The fourth-order valence-electron chi connectivity index (χ4n) is 2.96. The number of rotatable bonds is 6. The molecule has 0 saturated carbocycles. The molecule has 0 radical (unpaired) electrons. The first-order valence-electron chi connectivity index (χ1n) is 9.72. The zero-order valence-corrected chi connectivity index (χ0v) is 18.5. The summed E-state index contributed by atoms with van der Waals surface area (Å²) in [4.78, 5) is 4.76. The lowest BCUT2D eigenvalue weighted by Gasteiger charge is -2.07. The Morgan fingerprint density at radius 2 is 1.65 bits per heavy atom. The van der Waals surface area contributed by atoms with E-state index < -0.39 is 0 Å². The molecule has 0 bridgehead atoms. The van der Waals surface area contributed by atoms with Crippen molar-refractivity contribution in [3.63, 3.8) is 0 Å². The molecule has 0 aliphatic heterocycles. The summed E-state index contributed by atoms with van der Waals surface area (Å²) >= 11 is 2.84. The van der Waals surface area contributed by atoms with E-state index in [2.05, 4.69) is 39.6 Å². The number of hydrogen-bond acceptors (Lipinski definition) is 8. The number of aromatic nitrogens is 6. The van der Waals surface area contributed by atoms with Gasteiger partial charge in [0.25, 0.3) is 5.22 Å². The Balaban J connectivity index is 1.53. The summed E-state index contributed by atoms with van der Waals surface area (Å²) in [7, 11) is 0. The molecule has 0 N–H and O–H groups in total. The van der Waals surface area contributed by atoms with Gasteiger partial charge in [-0.15, -0.1) is 31.7 Å². The molecule has 3 aromatic heterocycles. The molecule has 7 nitrogen and oxygen atoms in total. The largest absolute Gasteiger partial charge is 0.411 e. The lowest BCUT2D eigenvalue weighted by atomic mass is 10.2. The highest BCUT2D eigenvalue weighted by molar-refractivity contribution is 7.99. The maximum Gasteiger partial charge on any atom is 0.284 e. The maximum atomic E-state index is 5.86. The normalized spacial score (nSPS) is 11.3. The highest BCUT2D eigenvalue weighted by atomic mass is 32.2.